The molecule has 0 bridgehead atoms. The van der Waals surface area contributed by atoms with E-state index >= 15 is 0 Å². The van der Waals surface area contributed by atoms with Gasteiger partial charge in [-0.25, -0.2) is 0 Å². The Balaban J connectivity index is 3.01. The number of pyridine rings is 1. The van der Waals surface area contributed by atoms with Crippen molar-refractivity contribution >= 4 is 9.04 Å². The fraction of sp³-hybridized carbons (Fsp3) is 0.583. The second-order valence-corrected chi connectivity index (χ2v) is 7.30. The summed E-state index contributed by atoms with van der Waals surface area (Å²) in [6, 6.07) is 1.73. The molecule has 1 rings (SSSR count). The minimum atomic E-state index is -0.785. The number of hydrogen-bond acceptors (Lipinski definition) is 3. The first-order valence-corrected chi connectivity index (χ1v) is 7.82. The molecule has 1 heterocycles. The lowest BCUT2D eigenvalue weighted by molar-refractivity contribution is 0.0861. The van der Waals surface area contributed by atoms with Gasteiger partial charge in [-0.05, 0) is 24.6 Å². The monoisotopic (exact) mass is 238 g/mol. The molecule has 1 N–H and O–H groups in total. The second-order valence-electron chi connectivity index (χ2n) is 5.25. The molecule has 0 fully saturated rings. The fourth-order valence-electron chi connectivity index (χ4n) is 1.57. The van der Waals surface area contributed by atoms with Crippen LogP contribution >= 0.6 is 0 Å². The molecule has 89 valence electrons. The van der Waals surface area contributed by atoms with Gasteiger partial charge in [0.25, 0.3) is 0 Å². The van der Waals surface area contributed by atoms with E-state index in [4.69, 9.17) is 4.43 Å². The Bertz CT molecular complexity index is 347. The Kier molecular flexibility index (Phi) is 4.10. The molecule has 1 atom stereocenters. The van der Waals surface area contributed by atoms with Crippen molar-refractivity contribution in [1.82, 2.24) is 4.98 Å². The molecule has 0 saturated heterocycles. The highest BCUT2D eigenvalue weighted by molar-refractivity contribution is 6.48. The van der Waals surface area contributed by atoms with Crippen molar-refractivity contribution < 1.29 is 9.53 Å². The van der Waals surface area contributed by atoms with E-state index in [9.17, 15) is 5.11 Å². The van der Waals surface area contributed by atoms with Crippen molar-refractivity contribution in [2.45, 2.75) is 40.0 Å². The zero-order valence-electron chi connectivity index (χ0n) is 10.6. The molecule has 0 aliphatic rings. The van der Waals surface area contributed by atoms with Crippen LogP contribution in [0.3, 0.4) is 0 Å². The fourth-order valence-corrected chi connectivity index (χ4v) is 2.53. The summed E-state index contributed by atoms with van der Waals surface area (Å²) in [5.41, 5.74) is 0.941. The van der Waals surface area contributed by atoms with Crippen molar-refractivity contribution in [3.8, 4) is 5.75 Å². The minimum absolute atomic E-state index is 0.00257. The van der Waals surface area contributed by atoms with Crippen molar-refractivity contribution in [3.05, 3.63) is 24.0 Å². The Morgan fingerprint density at radius 2 is 1.94 bits per heavy atom. The number of aromatic nitrogens is 1. The molecule has 0 aliphatic carbocycles. The lowest BCUT2D eigenvalue weighted by atomic mass is 9.85. The molecule has 0 aliphatic heterocycles. The molecule has 0 saturated carbocycles. The molecule has 3 nitrogen and oxygen atoms in total. The summed E-state index contributed by atoms with van der Waals surface area (Å²) >= 11 is 0. The molecule has 0 amide bonds. The van der Waals surface area contributed by atoms with Crippen LogP contribution in [0.25, 0.3) is 0 Å². The normalized spacial score (nSPS) is 14.1. The summed E-state index contributed by atoms with van der Waals surface area (Å²) in [5, 5.41) is 9.45. The molecule has 1 unspecified atom stereocenters. The maximum absolute atomic E-state index is 9.45. The van der Waals surface area contributed by atoms with Gasteiger partial charge < -0.3 is 9.53 Å². The average Bonchev–Trinajstić information content (AvgIpc) is 2.12. The predicted molar refractivity (Wildman–Crippen MR) is 66.7 cm³/mol. The summed E-state index contributed by atoms with van der Waals surface area (Å²) < 4.78 is 6.01. The Morgan fingerprint density at radius 3 is 2.38 bits per heavy atom. The van der Waals surface area contributed by atoms with Crippen molar-refractivity contribution in [3.63, 3.8) is 0 Å². The molecule has 4 heteroatoms. The van der Waals surface area contributed by atoms with E-state index in [2.05, 4.69) is 38.8 Å². The lowest BCUT2D eigenvalue weighted by Gasteiger charge is -2.32. The van der Waals surface area contributed by atoms with Crippen molar-refractivity contribution in [2.24, 2.45) is 5.41 Å². The van der Waals surface area contributed by atoms with E-state index in [1.807, 2.05) is 0 Å². The van der Waals surface area contributed by atoms with Gasteiger partial charge in [0, 0.05) is 11.8 Å². The van der Waals surface area contributed by atoms with Crippen LogP contribution in [0.2, 0.25) is 13.1 Å². The summed E-state index contributed by atoms with van der Waals surface area (Å²) in [4.78, 5) is 4.01. The zero-order valence-corrected chi connectivity index (χ0v) is 11.6. The molecule has 1 aromatic rings. The van der Waals surface area contributed by atoms with Crippen molar-refractivity contribution in [1.29, 1.82) is 0 Å². The molecular formula is C12H20NO2Si. The molecule has 0 spiro atoms. The Hall–Kier alpha value is -0.873. The third kappa shape index (κ3) is 3.61. The first-order chi connectivity index (χ1) is 7.30. The third-order valence-electron chi connectivity index (χ3n) is 2.19. The van der Waals surface area contributed by atoms with E-state index < -0.39 is 9.04 Å². The summed E-state index contributed by atoms with van der Waals surface area (Å²) in [6.07, 6.45) is 3.18. The van der Waals surface area contributed by atoms with Gasteiger partial charge in [-0.3, -0.25) is 4.98 Å². The van der Waals surface area contributed by atoms with Crippen LogP contribution in [-0.2, 0) is 4.43 Å². The van der Waals surface area contributed by atoms with E-state index in [0.717, 1.165) is 5.56 Å². The van der Waals surface area contributed by atoms with Crippen LogP contribution in [0.4, 0.5) is 0 Å². The topological polar surface area (TPSA) is 42.4 Å². The Morgan fingerprint density at radius 1 is 1.31 bits per heavy atom. The molecular weight excluding hydrogens is 218 g/mol. The van der Waals surface area contributed by atoms with Gasteiger partial charge >= 0.3 is 0 Å². The largest absolute Gasteiger partial charge is 0.506 e. The van der Waals surface area contributed by atoms with Gasteiger partial charge in [0.05, 0.1) is 12.3 Å². The van der Waals surface area contributed by atoms with Gasteiger partial charge in [-0.2, -0.15) is 0 Å². The highest BCUT2D eigenvalue weighted by atomic mass is 28.3. The first-order valence-electron chi connectivity index (χ1n) is 5.41. The van der Waals surface area contributed by atoms with E-state index in [1.54, 1.807) is 12.3 Å². The maximum atomic E-state index is 9.45. The standard InChI is InChI=1S/C12H20NO2Si/c1-12(2,3)11(15-16(4)5)9-6-10(14)8-13-7-9/h6-8,11,14H,1-5H3. The molecule has 16 heavy (non-hydrogen) atoms. The maximum Gasteiger partial charge on any atom is 0.205 e. The van der Waals surface area contributed by atoms with Crippen LogP contribution in [0, 0.1) is 5.41 Å². The van der Waals surface area contributed by atoms with Gasteiger partial charge in [-0.1, -0.05) is 20.8 Å². The van der Waals surface area contributed by atoms with Crippen LogP contribution in [0.1, 0.15) is 32.4 Å². The van der Waals surface area contributed by atoms with Gasteiger partial charge in [-0.15, -0.1) is 0 Å². The van der Waals surface area contributed by atoms with E-state index in [1.165, 1.54) is 6.20 Å². The van der Waals surface area contributed by atoms with Crippen LogP contribution in [0.15, 0.2) is 18.5 Å². The minimum Gasteiger partial charge on any atom is -0.506 e. The third-order valence-corrected chi connectivity index (χ3v) is 2.89. The average molecular weight is 238 g/mol. The van der Waals surface area contributed by atoms with Gasteiger partial charge in [0.15, 0.2) is 0 Å². The highest BCUT2D eigenvalue weighted by Gasteiger charge is 2.28. The lowest BCUT2D eigenvalue weighted by Crippen LogP contribution is -2.25. The summed E-state index contributed by atoms with van der Waals surface area (Å²) in [5.74, 6) is 0.191. The molecule has 1 aromatic heterocycles. The predicted octanol–water partition coefficient (Wildman–Crippen LogP) is 3.14. The van der Waals surface area contributed by atoms with Crippen LogP contribution < -0.4 is 0 Å². The van der Waals surface area contributed by atoms with Crippen LogP contribution in [0.5, 0.6) is 5.75 Å². The van der Waals surface area contributed by atoms with Gasteiger partial charge in [0.2, 0.25) is 9.04 Å². The van der Waals surface area contributed by atoms with Crippen LogP contribution in [-0.4, -0.2) is 19.1 Å². The Labute approximate surface area is 99.2 Å². The smallest absolute Gasteiger partial charge is 0.205 e. The first kappa shape index (κ1) is 13.2. The van der Waals surface area contributed by atoms with E-state index in [-0.39, 0.29) is 17.3 Å². The van der Waals surface area contributed by atoms with Crippen molar-refractivity contribution in [2.75, 3.05) is 0 Å². The summed E-state index contributed by atoms with van der Waals surface area (Å²) in [6.45, 7) is 10.6. The number of nitrogens with zero attached hydrogens (tertiary/aromatic N) is 1. The second kappa shape index (κ2) is 4.97. The quantitative estimate of drug-likeness (QED) is 0.823. The highest BCUT2D eigenvalue weighted by Crippen LogP contribution is 2.37. The number of hydrogen-bond donors (Lipinski definition) is 1. The number of rotatable bonds is 3. The number of aromatic hydroxyl groups is 1. The SMILES string of the molecule is C[Si](C)OC(c1cncc(O)c1)C(C)(C)C. The summed E-state index contributed by atoms with van der Waals surface area (Å²) in [7, 11) is -0.785. The molecule has 1 radical (unpaired) electrons. The van der Waals surface area contributed by atoms with Gasteiger partial charge in [0.1, 0.15) is 5.75 Å². The zero-order chi connectivity index (χ0) is 12.3. The molecule has 0 aromatic carbocycles. The van der Waals surface area contributed by atoms with E-state index in [0.29, 0.717) is 0 Å².